The number of hydrogen-bond acceptors (Lipinski definition) is 6. The second-order valence-corrected chi connectivity index (χ2v) is 6.56. The van der Waals surface area contributed by atoms with Crippen molar-refractivity contribution in [1.82, 2.24) is 19.9 Å². The van der Waals surface area contributed by atoms with Gasteiger partial charge in [-0.1, -0.05) is 0 Å². The molecule has 1 saturated heterocycles. The van der Waals surface area contributed by atoms with E-state index in [-0.39, 0.29) is 5.69 Å². The van der Waals surface area contributed by atoms with Gasteiger partial charge in [-0.05, 0) is 52.7 Å². The molecule has 1 fully saturated rings. The van der Waals surface area contributed by atoms with Crippen molar-refractivity contribution in [1.29, 1.82) is 0 Å². The highest BCUT2D eigenvalue weighted by Gasteiger charge is 2.42. The zero-order valence-corrected chi connectivity index (χ0v) is 14.5. The molecule has 0 bridgehead atoms. The Morgan fingerprint density at radius 3 is 2.33 bits per heavy atom. The number of anilines is 1. The van der Waals surface area contributed by atoms with Crippen LogP contribution >= 0.6 is 0 Å². The van der Waals surface area contributed by atoms with E-state index in [1.165, 1.54) is 0 Å². The lowest BCUT2D eigenvalue weighted by Gasteiger charge is -2.34. The minimum absolute atomic E-state index is 0.243. The summed E-state index contributed by atoms with van der Waals surface area (Å²) >= 11 is 0. The Balaban J connectivity index is 2.09. The Morgan fingerprint density at radius 2 is 1.71 bits per heavy atom. The minimum Gasteiger partial charge on any atom is -0.364 e. The highest BCUT2D eigenvalue weighted by atomic mass is 16.1. The van der Waals surface area contributed by atoms with Gasteiger partial charge < -0.3 is 10.6 Å². The number of hydrogen-bond donors (Lipinski definition) is 1. The molecular formula is C17H22N6O. The molecule has 0 aromatic carbocycles. The van der Waals surface area contributed by atoms with Gasteiger partial charge in [0.25, 0.3) is 5.91 Å². The predicted molar refractivity (Wildman–Crippen MR) is 90.7 cm³/mol. The van der Waals surface area contributed by atoms with Gasteiger partial charge in [0.1, 0.15) is 11.2 Å². The molecule has 7 nitrogen and oxygen atoms in total. The van der Waals surface area contributed by atoms with Crippen LogP contribution in [0.5, 0.6) is 0 Å². The maximum Gasteiger partial charge on any atom is 0.267 e. The third kappa shape index (κ3) is 2.81. The maximum absolute atomic E-state index is 11.6. The van der Waals surface area contributed by atoms with Gasteiger partial charge in [0.2, 0.25) is 5.95 Å². The van der Waals surface area contributed by atoms with Crippen molar-refractivity contribution < 1.29 is 4.79 Å². The van der Waals surface area contributed by atoms with Gasteiger partial charge in [-0.15, -0.1) is 0 Å². The number of amides is 1. The van der Waals surface area contributed by atoms with E-state index in [0.29, 0.717) is 11.8 Å². The van der Waals surface area contributed by atoms with E-state index in [1.54, 1.807) is 6.07 Å². The summed E-state index contributed by atoms with van der Waals surface area (Å²) in [5.74, 6) is 0.729. The Morgan fingerprint density at radius 1 is 1.08 bits per heavy atom. The largest absolute Gasteiger partial charge is 0.364 e. The van der Waals surface area contributed by atoms with E-state index < -0.39 is 11.4 Å². The van der Waals surface area contributed by atoms with E-state index in [2.05, 4.69) is 31.8 Å². The van der Waals surface area contributed by atoms with Crippen LogP contribution in [0, 0.1) is 20.8 Å². The van der Waals surface area contributed by atoms with Gasteiger partial charge in [-0.3, -0.25) is 4.79 Å². The first kappa shape index (κ1) is 16.3. The Labute approximate surface area is 141 Å². The third-order valence-corrected chi connectivity index (χ3v) is 4.44. The molecule has 0 saturated carbocycles. The quantitative estimate of drug-likeness (QED) is 0.923. The van der Waals surface area contributed by atoms with Gasteiger partial charge in [0, 0.05) is 23.6 Å². The first-order chi connectivity index (χ1) is 11.3. The van der Waals surface area contributed by atoms with Gasteiger partial charge in [0.15, 0.2) is 5.82 Å². The lowest BCUT2D eigenvalue weighted by atomic mass is 9.97. The summed E-state index contributed by atoms with van der Waals surface area (Å²) in [6.07, 6.45) is 1.85. The second kappa shape index (κ2) is 5.81. The second-order valence-electron chi connectivity index (χ2n) is 6.56. The summed E-state index contributed by atoms with van der Waals surface area (Å²) in [6, 6.07) is 3.56. The summed E-state index contributed by atoms with van der Waals surface area (Å²) in [4.78, 5) is 31.9. The molecule has 1 amide bonds. The Hall–Kier alpha value is -2.57. The molecule has 7 heteroatoms. The monoisotopic (exact) mass is 326 g/mol. The summed E-state index contributed by atoms with van der Waals surface area (Å²) in [5.41, 5.74) is 7.77. The maximum atomic E-state index is 11.6. The molecule has 0 spiro atoms. The van der Waals surface area contributed by atoms with E-state index >= 15 is 0 Å². The van der Waals surface area contributed by atoms with Crippen molar-refractivity contribution in [2.75, 3.05) is 11.4 Å². The van der Waals surface area contributed by atoms with Crippen molar-refractivity contribution >= 4 is 11.9 Å². The van der Waals surface area contributed by atoms with Crippen LogP contribution in [-0.2, 0) is 5.54 Å². The zero-order chi connectivity index (χ0) is 17.5. The van der Waals surface area contributed by atoms with Crippen molar-refractivity contribution in [3.63, 3.8) is 0 Å². The molecular weight excluding hydrogens is 304 g/mol. The van der Waals surface area contributed by atoms with E-state index in [4.69, 9.17) is 5.73 Å². The summed E-state index contributed by atoms with van der Waals surface area (Å²) in [5, 5.41) is 0. The van der Waals surface area contributed by atoms with Gasteiger partial charge in [0.05, 0.1) is 0 Å². The van der Waals surface area contributed by atoms with Crippen LogP contribution in [0.15, 0.2) is 12.1 Å². The molecule has 2 aromatic heterocycles. The van der Waals surface area contributed by atoms with Gasteiger partial charge in [-0.2, -0.15) is 0 Å². The van der Waals surface area contributed by atoms with Crippen LogP contribution in [0.25, 0.3) is 0 Å². The molecule has 0 aliphatic carbocycles. The number of aryl methyl sites for hydroxylation is 3. The standard InChI is InChI=1S/C17H22N6O/c1-10-8-11(2)21-16(20-10)23-7-5-6-17(23,4)15-19-12(3)9-13(22-15)14(18)24/h8-9H,5-7H2,1-4H3,(H2,18,24). The predicted octanol–water partition coefficient (Wildman–Crippen LogP) is 1.81. The number of nitrogens with two attached hydrogens (primary N) is 1. The van der Waals surface area contributed by atoms with E-state index in [0.717, 1.165) is 36.5 Å². The molecule has 2 aromatic rings. The third-order valence-electron chi connectivity index (χ3n) is 4.44. The topological polar surface area (TPSA) is 97.9 Å². The van der Waals surface area contributed by atoms with Crippen LogP contribution < -0.4 is 10.6 Å². The van der Waals surface area contributed by atoms with Gasteiger partial charge in [-0.25, -0.2) is 19.9 Å². The van der Waals surface area contributed by atoms with Gasteiger partial charge >= 0.3 is 0 Å². The van der Waals surface area contributed by atoms with Crippen LogP contribution in [0.2, 0.25) is 0 Å². The number of rotatable bonds is 3. The molecule has 24 heavy (non-hydrogen) atoms. The Bertz CT molecular complexity index is 785. The first-order valence-electron chi connectivity index (χ1n) is 8.05. The molecule has 1 aliphatic heterocycles. The van der Waals surface area contributed by atoms with E-state index in [1.807, 2.05) is 26.8 Å². The number of carbonyl (C=O) groups excluding carboxylic acids is 1. The smallest absolute Gasteiger partial charge is 0.267 e. The van der Waals surface area contributed by atoms with Crippen LogP contribution in [-0.4, -0.2) is 32.4 Å². The lowest BCUT2D eigenvalue weighted by Crippen LogP contribution is -2.42. The average Bonchev–Trinajstić information content (AvgIpc) is 2.89. The Kier molecular flexibility index (Phi) is 3.95. The fraction of sp³-hybridized carbons (Fsp3) is 0.471. The molecule has 1 unspecified atom stereocenters. The summed E-state index contributed by atoms with van der Waals surface area (Å²) in [7, 11) is 0. The SMILES string of the molecule is Cc1cc(C)nc(N2CCCC2(C)c2nc(C)cc(C(N)=O)n2)n1. The zero-order valence-electron chi connectivity index (χ0n) is 14.5. The molecule has 3 rings (SSSR count). The number of primary amides is 1. The van der Waals surface area contributed by atoms with Crippen LogP contribution in [0.1, 0.15) is 53.2 Å². The van der Waals surface area contributed by atoms with Crippen LogP contribution in [0.3, 0.4) is 0 Å². The molecule has 0 radical (unpaired) electrons. The van der Waals surface area contributed by atoms with Crippen molar-refractivity contribution in [3.8, 4) is 0 Å². The van der Waals surface area contributed by atoms with E-state index in [9.17, 15) is 4.79 Å². The highest BCUT2D eigenvalue weighted by molar-refractivity contribution is 5.90. The highest BCUT2D eigenvalue weighted by Crippen LogP contribution is 2.39. The molecule has 1 aliphatic rings. The normalized spacial score (nSPS) is 20.4. The average molecular weight is 326 g/mol. The molecule has 2 N–H and O–H groups in total. The number of aromatic nitrogens is 4. The van der Waals surface area contributed by atoms with Crippen molar-refractivity contribution in [2.24, 2.45) is 5.73 Å². The molecule has 1 atom stereocenters. The summed E-state index contributed by atoms with van der Waals surface area (Å²) < 4.78 is 0. The fourth-order valence-electron chi connectivity index (χ4n) is 3.28. The number of carbonyl (C=O) groups is 1. The van der Waals surface area contributed by atoms with Crippen LogP contribution in [0.4, 0.5) is 5.95 Å². The first-order valence-corrected chi connectivity index (χ1v) is 8.05. The van der Waals surface area contributed by atoms with Crippen molar-refractivity contribution in [2.45, 2.75) is 46.1 Å². The molecule has 126 valence electrons. The molecule has 3 heterocycles. The lowest BCUT2D eigenvalue weighted by molar-refractivity contribution is 0.0994. The summed E-state index contributed by atoms with van der Waals surface area (Å²) in [6.45, 7) is 8.65. The van der Waals surface area contributed by atoms with Crippen molar-refractivity contribution in [3.05, 3.63) is 40.7 Å². The fourth-order valence-corrected chi connectivity index (χ4v) is 3.28. The number of nitrogens with zero attached hydrogens (tertiary/aromatic N) is 5. The minimum atomic E-state index is -0.544.